The van der Waals surface area contributed by atoms with Gasteiger partial charge in [0.2, 0.25) is 10.0 Å². The molecule has 2 N–H and O–H groups in total. The van der Waals surface area contributed by atoms with Gasteiger partial charge in [0.25, 0.3) is 0 Å². The molecule has 0 aromatic heterocycles. The minimum Gasteiger partial charge on any atom is -0.396 e. The van der Waals surface area contributed by atoms with Crippen molar-refractivity contribution in [2.45, 2.75) is 99.3 Å². The molecular formula is C37H55NO3S. The third-order valence-electron chi connectivity index (χ3n) is 14.6. The number of aliphatic hydroxyl groups excluding tert-OH is 1. The van der Waals surface area contributed by atoms with Gasteiger partial charge in [-0.05, 0) is 145 Å². The van der Waals surface area contributed by atoms with Crippen LogP contribution in [0.4, 0.5) is 5.69 Å². The first-order chi connectivity index (χ1) is 19.5. The summed E-state index contributed by atoms with van der Waals surface area (Å²) in [7, 11) is -3.29. The number of nitrogens with one attached hydrogen (secondary N) is 1. The summed E-state index contributed by atoms with van der Waals surface area (Å²) >= 11 is 0. The Morgan fingerprint density at radius 2 is 1.62 bits per heavy atom. The molecule has 0 bridgehead atoms. The molecule has 42 heavy (non-hydrogen) atoms. The van der Waals surface area contributed by atoms with Crippen molar-refractivity contribution < 1.29 is 13.5 Å². The molecule has 0 aliphatic heterocycles. The average molecular weight is 594 g/mol. The van der Waals surface area contributed by atoms with Gasteiger partial charge in [-0.2, -0.15) is 0 Å². The van der Waals surface area contributed by atoms with Gasteiger partial charge < -0.3 is 5.11 Å². The smallest absolute Gasteiger partial charge is 0.229 e. The third kappa shape index (κ3) is 4.18. The van der Waals surface area contributed by atoms with Crippen molar-refractivity contribution in [2.24, 2.45) is 56.7 Å². The van der Waals surface area contributed by atoms with Gasteiger partial charge >= 0.3 is 0 Å². The minimum absolute atomic E-state index is 0.0347. The van der Waals surface area contributed by atoms with Gasteiger partial charge in [0, 0.05) is 12.3 Å². The SMILES string of the molecule is C=C(C)C1CCC2(CO)CCC3(C)C(CCC4C5(C)CC=C(c6ccc(NS(C)(=O)=O)cc6)C(C)(C)C5CCC43C)C12. The molecule has 6 rings (SSSR count). The molecular weight excluding hydrogens is 538 g/mol. The Bertz CT molecular complexity index is 1390. The lowest BCUT2D eigenvalue weighted by molar-refractivity contribution is -0.228. The Hall–Kier alpha value is -1.59. The van der Waals surface area contributed by atoms with Crippen LogP contribution in [-0.4, -0.2) is 26.4 Å². The second-order valence-corrected chi connectivity index (χ2v) is 18.4. The van der Waals surface area contributed by atoms with Crippen LogP contribution in [0.1, 0.15) is 105 Å². The van der Waals surface area contributed by atoms with Gasteiger partial charge in [0.05, 0.1) is 6.26 Å². The fourth-order valence-corrected chi connectivity index (χ4v) is 13.2. The number of hydrogen-bond acceptors (Lipinski definition) is 3. The lowest BCUT2D eigenvalue weighted by Crippen LogP contribution is -2.65. The topological polar surface area (TPSA) is 66.4 Å². The van der Waals surface area contributed by atoms with Crippen molar-refractivity contribution in [1.82, 2.24) is 0 Å². The minimum atomic E-state index is -3.29. The van der Waals surface area contributed by atoms with Gasteiger partial charge in [0.1, 0.15) is 0 Å². The van der Waals surface area contributed by atoms with Crippen LogP contribution >= 0.6 is 0 Å². The molecule has 4 nitrogen and oxygen atoms in total. The van der Waals surface area contributed by atoms with E-state index in [1.54, 1.807) is 0 Å². The van der Waals surface area contributed by atoms with Crippen LogP contribution < -0.4 is 4.72 Å². The first kappa shape index (κ1) is 30.4. The van der Waals surface area contributed by atoms with Gasteiger partial charge in [-0.15, -0.1) is 0 Å². The molecule has 0 amide bonds. The lowest BCUT2D eigenvalue weighted by Gasteiger charge is -2.72. The van der Waals surface area contributed by atoms with Gasteiger partial charge in [-0.1, -0.05) is 65.0 Å². The number of sulfonamides is 1. The predicted molar refractivity (Wildman–Crippen MR) is 174 cm³/mol. The maximum Gasteiger partial charge on any atom is 0.229 e. The van der Waals surface area contributed by atoms with Crippen molar-refractivity contribution in [2.75, 3.05) is 17.6 Å². The Morgan fingerprint density at radius 1 is 0.929 bits per heavy atom. The molecule has 0 radical (unpaired) electrons. The zero-order valence-electron chi connectivity index (χ0n) is 27.2. The number of fused-ring (bicyclic) bond motifs is 7. The highest BCUT2D eigenvalue weighted by atomic mass is 32.2. The van der Waals surface area contributed by atoms with Crippen LogP contribution in [0.25, 0.3) is 5.57 Å². The number of rotatable bonds is 5. The fourth-order valence-electron chi connectivity index (χ4n) is 12.6. The Balaban J connectivity index is 1.33. The molecule has 5 aliphatic carbocycles. The van der Waals surface area contributed by atoms with E-state index in [1.807, 2.05) is 12.1 Å². The summed E-state index contributed by atoms with van der Waals surface area (Å²) in [6.07, 6.45) is 14.8. The lowest BCUT2D eigenvalue weighted by atomic mass is 9.32. The maximum atomic E-state index is 11.7. The normalized spacial score (nSPS) is 44.2. The highest BCUT2D eigenvalue weighted by Gasteiger charge is 2.70. The van der Waals surface area contributed by atoms with Crippen LogP contribution in [0, 0.1) is 56.7 Å². The molecule has 9 unspecified atom stereocenters. The van der Waals surface area contributed by atoms with Crippen molar-refractivity contribution in [1.29, 1.82) is 0 Å². The second kappa shape index (κ2) is 9.70. The first-order valence-electron chi connectivity index (χ1n) is 16.6. The first-order valence-corrected chi connectivity index (χ1v) is 18.5. The Kier molecular flexibility index (Phi) is 7.03. The molecule has 0 spiro atoms. The highest BCUT2D eigenvalue weighted by molar-refractivity contribution is 7.92. The quantitative estimate of drug-likeness (QED) is 0.336. The van der Waals surface area contributed by atoms with E-state index < -0.39 is 10.0 Å². The van der Waals surface area contributed by atoms with Crippen molar-refractivity contribution in [3.05, 3.63) is 48.1 Å². The summed E-state index contributed by atoms with van der Waals surface area (Å²) < 4.78 is 26.1. The third-order valence-corrected chi connectivity index (χ3v) is 15.2. The molecule has 4 saturated carbocycles. The van der Waals surface area contributed by atoms with E-state index in [0.29, 0.717) is 52.7 Å². The van der Waals surface area contributed by atoms with Crippen LogP contribution in [0.5, 0.6) is 0 Å². The van der Waals surface area contributed by atoms with Crippen LogP contribution in [0.15, 0.2) is 42.5 Å². The fraction of sp³-hybridized carbons (Fsp3) is 0.730. The van der Waals surface area contributed by atoms with E-state index in [2.05, 4.69) is 71.1 Å². The van der Waals surface area contributed by atoms with Gasteiger partial charge in [0.15, 0.2) is 0 Å². The summed E-state index contributed by atoms with van der Waals surface area (Å²) in [5.41, 5.74) is 5.57. The van der Waals surface area contributed by atoms with Crippen molar-refractivity contribution in [3.63, 3.8) is 0 Å². The molecule has 232 valence electrons. The van der Waals surface area contributed by atoms with Crippen LogP contribution in [0.2, 0.25) is 0 Å². The molecule has 1 aromatic carbocycles. The van der Waals surface area contributed by atoms with E-state index in [-0.39, 0.29) is 16.2 Å². The molecule has 1 aromatic rings. The average Bonchev–Trinajstić information content (AvgIpc) is 3.29. The zero-order chi connectivity index (χ0) is 30.5. The van der Waals surface area contributed by atoms with E-state index in [4.69, 9.17) is 0 Å². The number of anilines is 1. The molecule has 0 heterocycles. The highest BCUT2D eigenvalue weighted by Crippen LogP contribution is 2.77. The van der Waals surface area contributed by atoms with Crippen LogP contribution in [0.3, 0.4) is 0 Å². The van der Waals surface area contributed by atoms with E-state index in [0.717, 1.165) is 6.42 Å². The molecule has 9 atom stereocenters. The van der Waals surface area contributed by atoms with E-state index in [9.17, 15) is 13.5 Å². The van der Waals surface area contributed by atoms with Crippen molar-refractivity contribution in [3.8, 4) is 0 Å². The molecule has 0 saturated heterocycles. The Labute approximate surface area is 255 Å². The summed E-state index contributed by atoms with van der Waals surface area (Å²) in [6.45, 7) is 20.0. The number of allylic oxidation sites excluding steroid dienone is 3. The second-order valence-electron chi connectivity index (χ2n) is 16.7. The summed E-state index contributed by atoms with van der Waals surface area (Å²) in [4.78, 5) is 0. The monoisotopic (exact) mass is 593 g/mol. The summed E-state index contributed by atoms with van der Waals surface area (Å²) in [5.74, 6) is 3.11. The largest absolute Gasteiger partial charge is 0.396 e. The zero-order valence-corrected chi connectivity index (χ0v) is 28.0. The van der Waals surface area contributed by atoms with Gasteiger partial charge in [-0.3, -0.25) is 4.72 Å². The number of hydrogen-bond donors (Lipinski definition) is 2. The van der Waals surface area contributed by atoms with Crippen molar-refractivity contribution >= 4 is 21.3 Å². The summed E-state index contributed by atoms with van der Waals surface area (Å²) in [6, 6.07) is 7.99. The predicted octanol–water partition coefficient (Wildman–Crippen LogP) is 8.70. The van der Waals surface area contributed by atoms with E-state index >= 15 is 0 Å². The van der Waals surface area contributed by atoms with Gasteiger partial charge in [-0.25, -0.2) is 8.42 Å². The Morgan fingerprint density at radius 3 is 2.24 bits per heavy atom. The number of benzene rings is 1. The van der Waals surface area contributed by atoms with E-state index in [1.165, 1.54) is 74.3 Å². The van der Waals surface area contributed by atoms with Crippen LogP contribution in [-0.2, 0) is 10.0 Å². The molecule has 5 aliphatic rings. The molecule has 5 heteroatoms. The summed E-state index contributed by atoms with van der Waals surface area (Å²) in [5, 5.41) is 10.8. The number of aliphatic hydroxyl groups is 1. The molecule has 4 fully saturated rings. The standard InChI is InChI=1S/C37H55NO3S/c1-24(2)27-15-20-37(23-39)22-21-35(6)29(32(27)37)13-14-31-34(5)18-16-28(33(3,4)30(34)17-19-36(31,35)7)25-9-11-26(12-10-25)38-42(8,40)41/h9-12,16,27,29-32,38-39H,1,13-15,17-23H2,2-8H3. The maximum absolute atomic E-state index is 11.7.